The maximum absolute atomic E-state index is 6.03. The molecule has 1 aliphatic heterocycles. The summed E-state index contributed by atoms with van der Waals surface area (Å²) < 4.78 is 5.60. The normalized spacial score (nSPS) is 20.7. The van der Waals surface area contributed by atoms with Crippen LogP contribution in [0.15, 0.2) is 12.1 Å². The van der Waals surface area contributed by atoms with Crippen molar-refractivity contribution in [3.05, 3.63) is 23.0 Å². The Balaban J connectivity index is 2.26. The molecule has 2 rings (SSSR count). The number of hydrogen-bond donors (Lipinski definition) is 0. The topological polar surface area (TPSA) is 28.6 Å². The number of pyridine rings is 1. The summed E-state index contributed by atoms with van der Waals surface area (Å²) in [5, 5.41) is 0.555. The van der Waals surface area contributed by atoms with Crippen LogP contribution in [-0.2, 0) is 11.3 Å². The summed E-state index contributed by atoms with van der Waals surface area (Å²) in [6.07, 6.45) is 0. The van der Waals surface area contributed by atoms with E-state index in [4.69, 9.17) is 16.3 Å². The summed E-state index contributed by atoms with van der Waals surface area (Å²) in [5.74, 6) is 0.533. The standard InChI is InChI=1S/C14H22ClN3O/c1-11-8-18(6-7-19-10-11)13-4-5-14(15)16-12(13)9-17(2)3/h4-5,11H,6-10H2,1-3H3. The van der Waals surface area contributed by atoms with Crippen molar-refractivity contribution >= 4 is 17.3 Å². The Kier molecular flexibility index (Phi) is 5.02. The number of anilines is 1. The molecule has 1 unspecified atom stereocenters. The van der Waals surface area contributed by atoms with E-state index in [9.17, 15) is 0 Å². The molecule has 0 amide bonds. The van der Waals surface area contributed by atoms with E-state index in [0.29, 0.717) is 11.1 Å². The summed E-state index contributed by atoms with van der Waals surface area (Å²) in [6.45, 7) is 6.53. The van der Waals surface area contributed by atoms with Crippen LogP contribution < -0.4 is 4.90 Å². The van der Waals surface area contributed by atoms with Crippen molar-refractivity contribution < 1.29 is 4.74 Å². The molecule has 0 aliphatic carbocycles. The number of ether oxygens (including phenoxy) is 1. The third-order valence-electron chi connectivity index (χ3n) is 3.16. The number of nitrogens with zero attached hydrogens (tertiary/aromatic N) is 3. The molecule has 1 atom stereocenters. The predicted octanol–water partition coefficient (Wildman–Crippen LogP) is 2.27. The van der Waals surface area contributed by atoms with Crippen LogP contribution in [0.5, 0.6) is 0 Å². The minimum absolute atomic E-state index is 0.533. The van der Waals surface area contributed by atoms with Crippen molar-refractivity contribution in [3.8, 4) is 0 Å². The zero-order valence-electron chi connectivity index (χ0n) is 11.9. The van der Waals surface area contributed by atoms with E-state index in [1.807, 2.05) is 20.2 Å². The Morgan fingerprint density at radius 1 is 1.47 bits per heavy atom. The second-order valence-corrected chi connectivity index (χ2v) is 5.85. The third-order valence-corrected chi connectivity index (χ3v) is 3.37. The van der Waals surface area contributed by atoms with Gasteiger partial charge in [0.1, 0.15) is 5.15 Å². The van der Waals surface area contributed by atoms with Gasteiger partial charge in [-0.3, -0.25) is 0 Å². The molecule has 1 aromatic rings. The summed E-state index contributed by atoms with van der Waals surface area (Å²) in [5.41, 5.74) is 2.21. The molecule has 106 valence electrons. The van der Waals surface area contributed by atoms with Crippen molar-refractivity contribution in [2.75, 3.05) is 45.3 Å². The lowest BCUT2D eigenvalue weighted by Crippen LogP contribution is -2.30. The van der Waals surface area contributed by atoms with Gasteiger partial charge in [-0.15, -0.1) is 0 Å². The first-order chi connectivity index (χ1) is 9.06. The molecular formula is C14H22ClN3O. The zero-order valence-corrected chi connectivity index (χ0v) is 12.7. The first-order valence-corrected chi connectivity index (χ1v) is 7.07. The van der Waals surface area contributed by atoms with Crippen molar-refractivity contribution in [1.29, 1.82) is 0 Å². The zero-order chi connectivity index (χ0) is 13.8. The Hall–Kier alpha value is -0.840. The number of rotatable bonds is 3. The van der Waals surface area contributed by atoms with Crippen molar-refractivity contribution in [2.24, 2.45) is 5.92 Å². The Morgan fingerprint density at radius 3 is 3.00 bits per heavy atom. The van der Waals surface area contributed by atoms with Gasteiger partial charge in [-0.2, -0.15) is 0 Å². The molecule has 0 aromatic carbocycles. The van der Waals surface area contributed by atoms with E-state index < -0.39 is 0 Å². The average molecular weight is 284 g/mol. The van der Waals surface area contributed by atoms with Gasteiger partial charge in [-0.25, -0.2) is 4.98 Å². The Labute approximate surface area is 120 Å². The fourth-order valence-electron chi connectivity index (χ4n) is 2.37. The van der Waals surface area contributed by atoms with E-state index >= 15 is 0 Å². The first-order valence-electron chi connectivity index (χ1n) is 6.69. The minimum Gasteiger partial charge on any atom is -0.379 e. The summed E-state index contributed by atoms with van der Waals surface area (Å²) in [6, 6.07) is 3.94. The van der Waals surface area contributed by atoms with Gasteiger partial charge in [0.05, 0.1) is 24.6 Å². The van der Waals surface area contributed by atoms with E-state index in [1.165, 1.54) is 5.69 Å². The summed E-state index contributed by atoms with van der Waals surface area (Å²) in [7, 11) is 4.08. The molecule has 0 spiro atoms. The van der Waals surface area contributed by atoms with Crippen molar-refractivity contribution in [1.82, 2.24) is 9.88 Å². The molecule has 5 heteroatoms. The molecule has 0 bridgehead atoms. The second-order valence-electron chi connectivity index (χ2n) is 5.46. The Bertz CT molecular complexity index is 425. The summed E-state index contributed by atoms with van der Waals surface area (Å²) in [4.78, 5) is 8.96. The monoisotopic (exact) mass is 283 g/mol. The SMILES string of the molecule is CC1COCCN(c2ccc(Cl)nc2CN(C)C)C1. The van der Waals surface area contributed by atoms with Gasteiger partial charge in [0.2, 0.25) is 0 Å². The summed E-state index contributed by atoms with van der Waals surface area (Å²) >= 11 is 6.03. The third kappa shape index (κ3) is 4.06. The molecule has 1 fully saturated rings. The maximum Gasteiger partial charge on any atom is 0.129 e. The van der Waals surface area contributed by atoms with E-state index in [1.54, 1.807) is 0 Å². The minimum atomic E-state index is 0.533. The Morgan fingerprint density at radius 2 is 2.26 bits per heavy atom. The lowest BCUT2D eigenvalue weighted by atomic mass is 10.1. The molecule has 0 radical (unpaired) electrons. The van der Waals surface area contributed by atoms with E-state index in [2.05, 4.69) is 27.8 Å². The first kappa shape index (κ1) is 14.6. The van der Waals surface area contributed by atoms with Gasteiger partial charge in [-0.05, 0) is 32.1 Å². The molecule has 2 heterocycles. The van der Waals surface area contributed by atoms with Gasteiger partial charge in [0.15, 0.2) is 0 Å². The predicted molar refractivity (Wildman–Crippen MR) is 78.8 cm³/mol. The molecule has 1 aromatic heterocycles. The van der Waals surface area contributed by atoms with Crippen LogP contribution in [0.4, 0.5) is 5.69 Å². The number of halogens is 1. The molecule has 1 aliphatic rings. The molecular weight excluding hydrogens is 262 g/mol. The van der Waals surface area contributed by atoms with Crippen LogP contribution in [0.2, 0.25) is 5.15 Å². The van der Waals surface area contributed by atoms with Crippen LogP contribution >= 0.6 is 11.6 Å². The lowest BCUT2D eigenvalue weighted by molar-refractivity contribution is 0.129. The number of aromatic nitrogens is 1. The van der Waals surface area contributed by atoms with Gasteiger partial charge >= 0.3 is 0 Å². The highest BCUT2D eigenvalue weighted by molar-refractivity contribution is 6.29. The fraction of sp³-hybridized carbons (Fsp3) is 0.643. The molecule has 0 saturated carbocycles. The van der Waals surface area contributed by atoms with Crippen LogP contribution in [0.3, 0.4) is 0 Å². The fourth-order valence-corrected chi connectivity index (χ4v) is 2.53. The number of hydrogen-bond acceptors (Lipinski definition) is 4. The highest BCUT2D eigenvalue weighted by atomic mass is 35.5. The maximum atomic E-state index is 6.03. The lowest BCUT2D eigenvalue weighted by Gasteiger charge is -2.27. The van der Waals surface area contributed by atoms with Gasteiger partial charge in [0, 0.05) is 19.6 Å². The quantitative estimate of drug-likeness (QED) is 0.796. The van der Waals surface area contributed by atoms with Gasteiger partial charge in [-0.1, -0.05) is 18.5 Å². The van der Waals surface area contributed by atoms with Crippen LogP contribution in [-0.4, -0.2) is 50.3 Å². The van der Waals surface area contributed by atoms with Crippen molar-refractivity contribution in [2.45, 2.75) is 13.5 Å². The molecule has 1 saturated heterocycles. The highest BCUT2D eigenvalue weighted by Gasteiger charge is 2.19. The van der Waals surface area contributed by atoms with E-state index in [0.717, 1.165) is 38.5 Å². The van der Waals surface area contributed by atoms with Gasteiger partial charge < -0.3 is 14.5 Å². The molecule has 0 N–H and O–H groups in total. The second kappa shape index (κ2) is 6.55. The smallest absolute Gasteiger partial charge is 0.129 e. The van der Waals surface area contributed by atoms with Crippen LogP contribution in [0.25, 0.3) is 0 Å². The van der Waals surface area contributed by atoms with Gasteiger partial charge in [0.25, 0.3) is 0 Å². The highest BCUT2D eigenvalue weighted by Crippen LogP contribution is 2.24. The van der Waals surface area contributed by atoms with Crippen LogP contribution in [0, 0.1) is 5.92 Å². The molecule has 19 heavy (non-hydrogen) atoms. The van der Waals surface area contributed by atoms with E-state index in [-0.39, 0.29) is 0 Å². The van der Waals surface area contributed by atoms with Crippen molar-refractivity contribution in [3.63, 3.8) is 0 Å². The van der Waals surface area contributed by atoms with Crippen LogP contribution in [0.1, 0.15) is 12.6 Å². The average Bonchev–Trinajstić information content (AvgIpc) is 2.53. The largest absolute Gasteiger partial charge is 0.379 e. The molecule has 4 nitrogen and oxygen atoms in total.